The quantitative estimate of drug-likeness (QED) is 0.913. The lowest BCUT2D eigenvalue weighted by molar-refractivity contribution is 0.498. The lowest BCUT2D eigenvalue weighted by atomic mass is 10.00. The molecule has 4 heteroatoms. The molecule has 0 saturated heterocycles. The first kappa shape index (κ1) is 13.5. The lowest BCUT2D eigenvalue weighted by Crippen LogP contribution is -2.29. The number of nitrogens with zero attached hydrogens (tertiary/aromatic N) is 2. The Morgan fingerprint density at radius 1 is 1.21 bits per heavy atom. The van der Waals surface area contributed by atoms with Gasteiger partial charge in [-0.1, -0.05) is 23.8 Å². The first-order chi connectivity index (χ1) is 8.97. The highest BCUT2D eigenvalue weighted by atomic mass is 16.1. The van der Waals surface area contributed by atoms with E-state index in [0.29, 0.717) is 6.54 Å². The molecule has 1 heterocycles. The Hall–Kier alpha value is -1.94. The van der Waals surface area contributed by atoms with Crippen LogP contribution in [-0.2, 0) is 6.54 Å². The first-order valence-corrected chi connectivity index (χ1v) is 6.35. The molecular formula is C15H19N3O. The number of hydrogen-bond acceptors (Lipinski definition) is 3. The fourth-order valence-electron chi connectivity index (χ4n) is 2.21. The third-order valence-electron chi connectivity index (χ3n) is 3.19. The van der Waals surface area contributed by atoms with Gasteiger partial charge in [0.25, 0.3) is 5.56 Å². The third kappa shape index (κ3) is 3.09. The minimum Gasteiger partial charge on any atom is -0.322 e. The fraction of sp³-hybridized carbons (Fsp3) is 0.333. The zero-order chi connectivity index (χ0) is 14.0. The van der Waals surface area contributed by atoms with Gasteiger partial charge in [0.15, 0.2) is 0 Å². The summed E-state index contributed by atoms with van der Waals surface area (Å²) in [5.41, 5.74) is 10.3. The van der Waals surface area contributed by atoms with Crippen LogP contribution in [0.3, 0.4) is 0 Å². The molecule has 2 N–H and O–H groups in total. The molecule has 0 amide bonds. The Morgan fingerprint density at radius 3 is 2.63 bits per heavy atom. The van der Waals surface area contributed by atoms with Crippen LogP contribution in [0.2, 0.25) is 0 Å². The lowest BCUT2D eigenvalue weighted by Gasteiger charge is -2.16. The van der Waals surface area contributed by atoms with Gasteiger partial charge in [-0.15, -0.1) is 0 Å². The topological polar surface area (TPSA) is 60.9 Å². The summed E-state index contributed by atoms with van der Waals surface area (Å²) < 4.78 is 1.43. The van der Waals surface area contributed by atoms with Crippen molar-refractivity contribution in [2.24, 2.45) is 5.73 Å². The summed E-state index contributed by atoms with van der Waals surface area (Å²) in [6, 6.07) is 9.16. The van der Waals surface area contributed by atoms with Crippen LogP contribution < -0.4 is 11.3 Å². The van der Waals surface area contributed by atoms with Crippen LogP contribution in [0.5, 0.6) is 0 Å². The van der Waals surface area contributed by atoms with Gasteiger partial charge in [-0.05, 0) is 38.0 Å². The highest BCUT2D eigenvalue weighted by Crippen LogP contribution is 2.17. The molecule has 19 heavy (non-hydrogen) atoms. The van der Waals surface area contributed by atoms with Crippen LogP contribution in [0.4, 0.5) is 0 Å². The predicted molar refractivity (Wildman–Crippen MR) is 76.1 cm³/mol. The van der Waals surface area contributed by atoms with Crippen molar-refractivity contribution in [3.63, 3.8) is 0 Å². The van der Waals surface area contributed by atoms with Gasteiger partial charge in [-0.2, -0.15) is 5.10 Å². The Balaban J connectivity index is 2.28. The minimum atomic E-state index is -0.229. The van der Waals surface area contributed by atoms with E-state index in [9.17, 15) is 4.79 Å². The second-order valence-corrected chi connectivity index (χ2v) is 4.96. The van der Waals surface area contributed by atoms with E-state index in [0.717, 1.165) is 16.8 Å². The van der Waals surface area contributed by atoms with Crippen molar-refractivity contribution in [3.05, 3.63) is 63.1 Å². The number of aromatic nitrogens is 2. The van der Waals surface area contributed by atoms with Gasteiger partial charge in [0.1, 0.15) is 0 Å². The number of hydrogen-bond donors (Lipinski definition) is 1. The zero-order valence-corrected chi connectivity index (χ0v) is 11.6. The second kappa shape index (κ2) is 5.36. The monoisotopic (exact) mass is 257 g/mol. The summed E-state index contributed by atoms with van der Waals surface area (Å²) in [6.07, 6.45) is 0. The van der Waals surface area contributed by atoms with E-state index in [4.69, 9.17) is 5.73 Å². The van der Waals surface area contributed by atoms with Gasteiger partial charge in [0.05, 0.1) is 12.2 Å². The van der Waals surface area contributed by atoms with Crippen molar-refractivity contribution in [2.45, 2.75) is 33.4 Å². The normalized spacial score (nSPS) is 12.4. The van der Waals surface area contributed by atoms with Gasteiger partial charge >= 0.3 is 0 Å². The summed E-state index contributed by atoms with van der Waals surface area (Å²) in [6.45, 7) is 6.34. The average molecular weight is 257 g/mol. The van der Waals surface area contributed by atoms with Crippen molar-refractivity contribution in [3.8, 4) is 0 Å². The third-order valence-corrected chi connectivity index (χ3v) is 3.19. The molecular weight excluding hydrogens is 238 g/mol. The van der Waals surface area contributed by atoms with Crippen LogP contribution in [0, 0.1) is 20.8 Å². The van der Waals surface area contributed by atoms with Gasteiger partial charge in [0.2, 0.25) is 0 Å². The van der Waals surface area contributed by atoms with E-state index >= 15 is 0 Å². The molecule has 1 atom stereocenters. The second-order valence-electron chi connectivity index (χ2n) is 4.96. The Morgan fingerprint density at radius 2 is 1.95 bits per heavy atom. The maximum atomic E-state index is 11.7. The average Bonchev–Trinajstić information content (AvgIpc) is 2.33. The van der Waals surface area contributed by atoms with E-state index in [1.807, 2.05) is 26.0 Å². The van der Waals surface area contributed by atoms with Crippen LogP contribution in [0.25, 0.3) is 0 Å². The van der Waals surface area contributed by atoms with E-state index in [2.05, 4.69) is 18.1 Å². The van der Waals surface area contributed by atoms with Gasteiger partial charge in [-0.25, -0.2) is 4.68 Å². The molecule has 0 spiro atoms. The molecule has 0 radical (unpaired) electrons. The Kier molecular flexibility index (Phi) is 3.81. The molecule has 0 fully saturated rings. The number of benzene rings is 1. The maximum Gasteiger partial charge on any atom is 0.266 e. The molecule has 1 unspecified atom stereocenters. The molecule has 0 bridgehead atoms. The molecule has 2 rings (SSSR count). The summed E-state index contributed by atoms with van der Waals surface area (Å²) >= 11 is 0. The van der Waals surface area contributed by atoms with Crippen molar-refractivity contribution in [1.82, 2.24) is 9.78 Å². The molecule has 1 aromatic heterocycles. The van der Waals surface area contributed by atoms with Gasteiger partial charge in [-0.3, -0.25) is 4.79 Å². The fourth-order valence-corrected chi connectivity index (χ4v) is 2.21. The summed E-state index contributed by atoms with van der Waals surface area (Å²) in [4.78, 5) is 11.7. The van der Waals surface area contributed by atoms with E-state index in [-0.39, 0.29) is 11.6 Å². The Bertz CT molecular complexity index is 646. The number of rotatable bonds is 3. The van der Waals surface area contributed by atoms with Crippen molar-refractivity contribution in [2.75, 3.05) is 0 Å². The summed E-state index contributed by atoms with van der Waals surface area (Å²) in [5.74, 6) is 0. The first-order valence-electron chi connectivity index (χ1n) is 6.35. The highest BCUT2D eigenvalue weighted by molar-refractivity contribution is 5.32. The molecule has 0 saturated carbocycles. The Labute approximate surface area is 112 Å². The van der Waals surface area contributed by atoms with Gasteiger partial charge in [0, 0.05) is 12.1 Å². The minimum absolute atomic E-state index is 0.120. The van der Waals surface area contributed by atoms with E-state index in [1.54, 1.807) is 6.07 Å². The SMILES string of the molecule is Cc1ccc(C(N)Cn2nc(C)ccc2=O)c(C)c1. The van der Waals surface area contributed by atoms with Crippen molar-refractivity contribution >= 4 is 0 Å². The van der Waals surface area contributed by atoms with E-state index in [1.165, 1.54) is 16.3 Å². The van der Waals surface area contributed by atoms with Crippen LogP contribution in [0.1, 0.15) is 28.4 Å². The smallest absolute Gasteiger partial charge is 0.266 e. The standard InChI is InChI=1S/C15H19N3O/c1-10-4-6-13(11(2)8-10)14(16)9-18-15(19)7-5-12(3)17-18/h4-8,14H,9,16H2,1-3H3. The van der Waals surface area contributed by atoms with Gasteiger partial charge < -0.3 is 5.73 Å². The van der Waals surface area contributed by atoms with Crippen molar-refractivity contribution in [1.29, 1.82) is 0 Å². The molecule has 1 aromatic carbocycles. The highest BCUT2D eigenvalue weighted by Gasteiger charge is 2.11. The van der Waals surface area contributed by atoms with Crippen molar-refractivity contribution < 1.29 is 0 Å². The summed E-state index contributed by atoms with van der Waals surface area (Å²) in [5, 5.41) is 4.21. The van der Waals surface area contributed by atoms with Crippen LogP contribution in [-0.4, -0.2) is 9.78 Å². The molecule has 0 aliphatic rings. The predicted octanol–water partition coefficient (Wildman–Crippen LogP) is 1.87. The van der Waals surface area contributed by atoms with E-state index < -0.39 is 0 Å². The molecule has 100 valence electrons. The molecule has 0 aliphatic heterocycles. The van der Waals surface area contributed by atoms with Crippen LogP contribution >= 0.6 is 0 Å². The molecule has 2 aromatic rings. The largest absolute Gasteiger partial charge is 0.322 e. The molecule has 0 aliphatic carbocycles. The summed E-state index contributed by atoms with van der Waals surface area (Å²) in [7, 11) is 0. The number of aryl methyl sites for hydroxylation is 3. The zero-order valence-electron chi connectivity index (χ0n) is 11.6. The van der Waals surface area contributed by atoms with Crippen LogP contribution in [0.15, 0.2) is 35.1 Å². The number of nitrogens with two attached hydrogens (primary N) is 1. The molecule has 4 nitrogen and oxygen atoms in total. The maximum absolute atomic E-state index is 11.7.